The number of fused-ring (bicyclic) bond motifs is 1. The molecule has 1 heterocycles. The van der Waals surface area contributed by atoms with Crippen LogP contribution in [0.4, 0.5) is 0 Å². The van der Waals surface area contributed by atoms with Crippen molar-refractivity contribution >= 4 is 57.4 Å². The van der Waals surface area contributed by atoms with Crippen LogP contribution < -0.4 is 28.4 Å². The van der Waals surface area contributed by atoms with Gasteiger partial charge in [-0.05, 0) is 189 Å². The Morgan fingerprint density at radius 1 is 0.481 bits per heavy atom. The molecule has 2 fully saturated rings. The predicted molar refractivity (Wildman–Crippen MR) is 291 cm³/mol. The minimum atomic E-state index is -0.440. The summed E-state index contributed by atoms with van der Waals surface area (Å²) in [5.74, 6) is -1.21. The van der Waals surface area contributed by atoms with E-state index in [2.05, 4.69) is 19.2 Å². The van der Waals surface area contributed by atoms with E-state index >= 15 is 0 Å². The maximum Gasteiger partial charge on any atom is 0.330 e. The molecule has 408 valence electrons. The molecule has 0 radical (unpaired) electrons. The number of esters is 6. The van der Waals surface area contributed by atoms with E-state index in [9.17, 15) is 28.8 Å². The van der Waals surface area contributed by atoms with Gasteiger partial charge in [-0.25, -0.2) is 14.6 Å². The van der Waals surface area contributed by atoms with Gasteiger partial charge in [0.25, 0.3) is 0 Å². The fourth-order valence-corrected chi connectivity index (χ4v) is 10.4. The maximum atomic E-state index is 13.8. The lowest BCUT2D eigenvalue weighted by molar-refractivity contribution is -0.145. The summed E-state index contributed by atoms with van der Waals surface area (Å²) in [4.78, 5) is 81.2. The highest BCUT2D eigenvalue weighted by atomic mass is 32.1. The molecule has 0 saturated heterocycles. The second kappa shape index (κ2) is 29.3. The zero-order valence-corrected chi connectivity index (χ0v) is 44.9. The van der Waals surface area contributed by atoms with Gasteiger partial charge in [0.15, 0.2) is 11.5 Å². The molecule has 5 aromatic rings. The van der Waals surface area contributed by atoms with Gasteiger partial charge in [-0.15, -0.1) is 11.3 Å². The van der Waals surface area contributed by atoms with Crippen molar-refractivity contribution < 1.29 is 66.7 Å². The SMILES string of the molecule is C=CC(=O)OCCCCCCOc1ccc(OC(=O)C2CCC(C(=O)Oc3ccc(OC(=O)C4CCC(C(=O)Oc5ccc(OCCCCCCOC(=O)C=C)cc5)CC4)c4sc(-c5cc(C)cc(C)c5)nc34)CC2)cc1. The van der Waals surface area contributed by atoms with E-state index < -0.39 is 35.7 Å². The zero-order chi connectivity index (χ0) is 54.5. The summed E-state index contributed by atoms with van der Waals surface area (Å²) < 4.78 is 45.9. The Hall–Kier alpha value is -7.33. The summed E-state index contributed by atoms with van der Waals surface area (Å²) in [6.07, 6.45) is 12.9. The zero-order valence-electron chi connectivity index (χ0n) is 44.1. The number of carbonyl (C=O) groups is 6. The number of hydrogen-bond acceptors (Lipinski definition) is 16. The van der Waals surface area contributed by atoms with E-state index in [1.54, 1.807) is 60.7 Å². The highest BCUT2D eigenvalue weighted by molar-refractivity contribution is 7.22. The molecule has 16 heteroatoms. The molecule has 0 atom stereocenters. The Balaban J connectivity index is 0.870. The highest BCUT2D eigenvalue weighted by Crippen LogP contribution is 2.43. The Morgan fingerprint density at radius 2 is 0.844 bits per heavy atom. The van der Waals surface area contributed by atoms with Crippen LogP contribution in [0.5, 0.6) is 34.5 Å². The van der Waals surface area contributed by atoms with Crippen molar-refractivity contribution in [3.05, 3.63) is 115 Å². The first-order chi connectivity index (χ1) is 37.3. The van der Waals surface area contributed by atoms with E-state index in [0.29, 0.717) is 122 Å². The average Bonchev–Trinajstić information content (AvgIpc) is 3.93. The Labute approximate surface area is 454 Å². The molecule has 0 amide bonds. The summed E-state index contributed by atoms with van der Waals surface area (Å²) in [7, 11) is 0. The topological polar surface area (TPSA) is 189 Å². The molecule has 77 heavy (non-hydrogen) atoms. The van der Waals surface area contributed by atoms with Gasteiger partial charge < -0.3 is 37.9 Å². The van der Waals surface area contributed by atoms with Crippen molar-refractivity contribution in [2.24, 2.45) is 23.7 Å². The fourth-order valence-electron chi connectivity index (χ4n) is 9.42. The number of ether oxygens (including phenoxy) is 8. The van der Waals surface area contributed by atoms with Gasteiger partial charge in [0.2, 0.25) is 0 Å². The average molecular weight is 1070 g/mol. The van der Waals surface area contributed by atoms with Crippen molar-refractivity contribution in [1.82, 2.24) is 4.98 Å². The molecule has 15 nitrogen and oxygen atoms in total. The minimum Gasteiger partial charge on any atom is -0.494 e. The molecule has 0 N–H and O–H groups in total. The fraction of sp³-hybridized carbons (Fsp3) is 0.426. The molecular weight excluding hydrogens is 1000 g/mol. The monoisotopic (exact) mass is 1070 g/mol. The van der Waals surface area contributed by atoms with Gasteiger partial charge >= 0.3 is 35.8 Å². The van der Waals surface area contributed by atoms with Gasteiger partial charge in [0.1, 0.15) is 38.2 Å². The lowest BCUT2D eigenvalue weighted by Gasteiger charge is -2.26. The molecule has 0 bridgehead atoms. The first kappa shape index (κ1) is 57.4. The predicted octanol–water partition coefficient (Wildman–Crippen LogP) is 12.6. The third kappa shape index (κ3) is 17.6. The molecular formula is C61H69NO14S. The second-order valence-corrected chi connectivity index (χ2v) is 20.6. The highest BCUT2D eigenvalue weighted by Gasteiger charge is 2.35. The Morgan fingerprint density at radius 3 is 1.26 bits per heavy atom. The van der Waals surface area contributed by atoms with Crippen molar-refractivity contribution in [3.8, 4) is 45.1 Å². The Bertz CT molecular complexity index is 2640. The lowest BCUT2D eigenvalue weighted by atomic mass is 9.82. The number of nitrogens with zero attached hydrogens (tertiary/aromatic N) is 1. The number of thiazole rings is 1. The van der Waals surface area contributed by atoms with Crippen molar-refractivity contribution in [3.63, 3.8) is 0 Å². The minimum absolute atomic E-state index is 0.254. The number of aryl methyl sites for hydroxylation is 2. The number of aromatic nitrogens is 1. The van der Waals surface area contributed by atoms with Crippen LogP contribution in [0.1, 0.15) is 114 Å². The molecule has 0 spiro atoms. The van der Waals surface area contributed by atoms with Gasteiger partial charge in [-0.3, -0.25) is 19.2 Å². The third-order valence-corrected chi connectivity index (χ3v) is 14.8. The van der Waals surface area contributed by atoms with Crippen LogP contribution in [-0.2, 0) is 38.2 Å². The smallest absolute Gasteiger partial charge is 0.330 e. The number of hydrogen-bond donors (Lipinski definition) is 0. The quantitative estimate of drug-likeness (QED) is 0.0209. The van der Waals surface area contributed by atoms with Crippen LogP contribution >= 0.6 is 11.3 Å². The lowest BCUT2D eigenvalue weighted by Crippen LogP contribution is -2.30. The van der Waals surface area contributed by atoms with E-state index in [1.165, 1.54) is 11.3 Å². The number of benzene rings is 4. The molecule has 1 aromatic heterocycles. The maximum absolute atomic E-state index is 13.8. The van der Waals surface area contributed by atoms with Crippen LogP contribution in [0.25, 0.3) is 20.8 Å². The van der Waals surface area contributed by atoms with E-state index in [0.717, 1.165) is 80.2 Å². The third-order valence-electron chi connectivity index (χ3n) is 13.7. The molecule has 2 saturated carbocycles. The first-order valence-electron chi connectivity index (χ1n) is 26.8. The van der Waals surface area contributed by atoms with E-state index in [-0.39, 0.29) is 29.5 Å². The number of rotatable bonds is 27. The van der Waals surface area contributed by atoms with E-state index in [1.807, 2.05) is 26.0 Å². The van der Waals surface area contributed by atoms with Crippen LogP contribution in [0.2, 0.25) is 0 Å². The Kier molecular flexibility index (Phi) is 21.8. The van der Waals surface area contributed by atoms with Crippen molar-refractivity contribution in [1.29, 1.82) is 0 Å². The van der Waals surface area contributed by atoms with Gasteiger partial charge in [-0.1, -0.05) is 30.4 Å². The van der Waals surface area contributed by atoms with Crippen molar-refractivity contribution in [2.75, 3.05) is 26.4 Å². The van der Waals surface area contributed by atoms with E-state index in [4.69, 9.17) is 42.9 Å². The normalized spacial score (nSPS) is 17.1. The molecule has 0 unspecified atom stereocenters. The van der Waals surface area contributed by atoms with Crippen LogP contribution in [0.15, 0.2) is 104 Å². The van der Waals surface area contributed by atoms with Gasteiger partial charge in [0.05, 0.1) is 50.1 Å². The summed E-state index contributed by atoms with van der Waals surface area (Å²) in [6.45, 7) is 12.6. The molecule has 2 aliphatic carbocycles. The largest absolute Gasteiger partial charge is 0.494 e. The summed E-state index contributed by atoms with van der Waals surface area (Å²) in [5, 5.41) is 0.679. The summed E-state index contributed by atoms with van der Waals surface area (Å²) >= 11 is 1.35. The standard InChI is InChI=1S/C61H69NO14S/c1-5-53(63)71-35-13-9-7-11-33-69-47-23-27-49(28-24-47)73-58(65)42-15-19-44(20-16-42)60(67)75-51-31-32-52(56-55(51)62-57(77-56)46-38-40(3)37-41(4)39-46)76-61(68)45-21-17-43(18-22-45)59(66)74-50-29-25-48(26-30-50)70-34-12-8-10-14-36-72-54(64)6-2/h5-6,23-32,37-39,42-45H,1-2,7-22,33-36H2,3-4H3. The van der Waals surface area contributed by atoms with Crippen molar-refractivity contribution in [2.45, 2.75) is 117 Å². The van der Waals surface area contributed by atoms with Crippen LogP contribution in [0.3, 0.4) is 0 Å². The van der Waals surface area contributed by atoms with Crippen LogP contribution in [-0.4, -0.2) is 67.2 Å². The molecule has 2 aliphatic rings. The molecule has 7 rings (SSSR count). The summed E-state index contributed by atoms with van der Waals surface area (Å²) in [5.41, 5.74) is 3.41. The van der Waals surface area contributed by atoms with Gasteiger partial charge in [-0.2, -0.15) is 0 Å². The van der Waals surface area contributed by atoms with Crippen LogP contribution in [0, 0.1) is 37.5 Å². The number of unbranched alkanes of at least 4 members (excludes halogenated alkanes) is 6. The second-order valence-electron chi connectivity index (χ2n) is 19.6. The first-order valence-corrected chi connectivity index (χ1v) is 27.6. The summed E-state index contributed by atoms with van der Waals surface area (Å²) in [6, 6.07) is 23.3. The van der Waals surface area contributed by atoms with Gasteiger partial charge in [0, 0.05) is 17.7 Å². The number of carbonyl (C=O) groups excluding carboxylic acids is 6. The molecule has 0 aliphatic heterocycles. The molecule has 4 aromatic carbocycles.